The van der Waals surface area contributed by atoms with Gasteiger partial charge in [-0.15, -0.1) is 0 Å². The lowest BCUT2D eigenvalue weighted by atomic mass is 9.86. The predicted octanol–water partition coefficient (Wildman–Crippen LogP) is 3.85. The monoisotopic (exact) mass is 236 g/mol. The van der Waals surface area contributed by atoms with Crippen LogP contribution in [-0.4, -0.2) is 11.2 Å². The molecule has 1 N–H and O–H groups in total. The summed E-state index contributed by atoms with van der Waals surface area (Å²) in [5.74, 6) is -0.161. The summed E-state index contributed by atoms with van der Waals surface area (Å²) in [7, 11) is 0. The second-order valence-electron chi connectivity index (χ2n) is 5.29. The molecule has 2 rings (SSSR count). The average molecular weight is 236 g/mol. The average Bonchev–Trinajstić information content (AvgIpc) is 2.43. The number of aliphatic hydroxyl groups excluding tert-OH is 1. The predicted molar refractivity (Wildman–Crippen MR) is 67.7 cm³/mol. The van der Waals surface area contributed by atoms with Crippen molar-refractivity contribution in [3.63, 3.8) is 0 Å². The topological polar surface area (TPSA) is 20.2 Å². The van der Waals surface area contributed by atoms with E-state index < -0.39 is 0 Å². The standard InChI is InChI=1S/C15H21FO/c1-10-8-11(2)15(13(16)9-10)12-6-4-3-5-7-14(12)17/h8-9,12,14,17H,3-7H2,1-2H3. The number of aliphatic hydroxyl groups is 1. The van der Waals surface area contributed by atoms with Gasteiger partial charge in [-0.1, -0.05) is 25.3 Å². The van der Waals surface area contributed by atoms with Gasteiger partial charge in [0.25, 0.3) is 0 Å². The molecule has 0 aromatic heterocycles. The molecule has 94 valence electrons. The van der Waals surface area contributed by atoms with Crippen LogP contribution >= 0.6 is 0 Å². The van der Waals surface area contributed by atoms with Gasteiger partial charge in [0.1, 0.15) is 5.82 Å². The number of aryl methyl sites for hydroxylation is 2. The second-order valence-corrected chi connectivity index (χ2v) is 5.29. The summed E-state index contributed by atoms with van der Waals surface area (Å²) < 4.78 is 14.1. The van der Waals surface area contributed by atoms with E-state index in [4.69, 9.17) is 0 Å². The molecule has 1 nitrogen and oxygen atoms in total. The minimum atomic E-state index is -0.381. The quantitative estimate of drug-likeness (QED) is 0.734. The van der Waals surface area contributed by atoms with Crippen LogP contribution in [0.25, 0.3) is 0 Å². The van der Waals surface area contributed by atoms with E-state index in [0.717, 1.165) is 48.8 Å². The van der Waals surface area contributed by atoms with Gasteiger partial charge in [0.2, 0.25) is 0 Å². The van der Waals surface area contributed by atoms with E-state index in [1.165, 1.54) is 0 Å². The van der Waals surface area contributed by atoms with Crippen molar-refractivity contribution < 1.29 is 9.50 Å². The van der Waals surface area contributed by atoms with Crippen LogP contribution in [0.3, 0.4) is 0 Å². The summed E-state index contributed by atoms with van der Waals surface area (Å²) in [5, 5.41) is 10.2. The van der Waals surface area contributed by atoms with Crippen molar-refractivity contribution in [2.24, 2.45) is 0 Å². The number of halogens is 1. The minimum Gasteiger partial charge on any atom is -0.392 e. The fourth-order valence-corrected chi connectivity index (χ4v) is 3.02. The maximum Gasteiger partial charge on any atom is 0.127 e. The van der Waals surface area contributed by atoms with E-state index in [2.05, 4.69) is 0 Å². The smallest absolute Gasteiger partial charge is 0.127 e. The molecule has 0 radical (unpaired) electrons. The van der Waals surface area contributed by atoms with E-state index in [1.807, 2.05) is 19.9 Å². The number of benzene rings is 1. The fourth-order valence-electron chi connectivity index (χ4n) is 3.02. The van der Waals surface area contributed by atoms with Crippen molar-refractivity contribution in [2.45, 2.75) is 58.0 Å². The maximum atomic E-state index is 14.1. The van der Waals surface area contributed by atoms with Crippen LogP contribution in [0.15, 0.2) is 12.1 Å². The van der Waals surface area contributed by atoms with Gasteiger partial charge in [0, 0.05) is 5.92 Å². The van der Waals surface area contributed by atoms with E-state index in [1.54, 1.807) is 6.07 Å². The van der Waals surface area contributed by atoms with Gasteiger partial charge < -0.3 is 5.11 Å². The molecule has 1 fully saturated rings. The van der Waals surface area contributed by atoms with Crippen molar-refractivity contribution in [2.75, 3.05) is 0 Å². The first kappa shape index (κ1) is 12.6. The Labute approximate surface area is 103 Å². The summed E-state index contributed by atoms with van der Waals surface area (Å²) in [6, 6.07) is 3.59. The Hall–Kier alpha value is -0.890. The SMILES string of the molecule is Cc1cc(C)c(C2CCCCCC2O)c(F)c1. The highest BCUT2D eigenvalue weighted by Gasteiger charge is 2.27. The van der Waals surface area contributed by atoms with Crippen LogP contribution in [0.1, 0.15) is 54.7 Å². The van der Waals surface area contributed by atoms with Crippen LogP contribution in [-0.2, 0) is 0 Å². The lowest BCUT2D eigenvalue weighted by Crippen LogP contribution is -2.19. The van der Waals surface area contributed by atoms with E-state index in [-0.39, 0.29) is 17.8 Å². The molecule has 17 heavy (non-hydrogen) atoms. The Morgan fingerprint density at radius 1 is 1.12 bits per heavy atom. The van der Waals surface area contributed by atoms with E-state index in [9.17, 15) is 9.50 Å². The van der Waals surface area contributed by atoms with Crippen molar-refractivity contribution >= 4 is 0 Å². The van der Waals surface area contributed by atoms with Crippen molar-refractivity contribution in [1.82, 2.24) is 0 Å². The van der Waals surface area contributed by atoms with Gasteiger partial charge in [-0.05, 0) is 49.4 Å². The third-order valence-electron chi connectivity index (χ3n) is 3.83. The second kappa shape index (κ2) is 5.18. The molecular formula is C15H21FO. The molecule has 1 aliphatic rings. The molecule has 1 saturated carbocycles. The molecule has 0 spiro atoms. The first-order valence-electron chi connectivity index (χ1n) is 6.54. The van der Waals surface area contributed by atoms with Crippen LogP contribution in [0.5, 0.6) is 0 Å². The zero-order chi connectivity index (χ0) is 12.4. The normalized spacial score (nSPS) is 25.6. The molecule has 0 bridgehead atoms. The molecule has 0 saturated heterocycles. The highest BCUT2D eigenvalue weighted by atomic mass is 19.1. The van der Waals surface area contributed by atoms with E-state index in [0.29, 0.717) is 0 Å². The summed E-state index contributed by atoms with van der Waals surface area (Å²) in [6.45, 7) is 3.85. The summed E-state index contributed by atoms with van der Waals surface area (Å²) >= 11 is 0. The largest absolute Gasteiger partial charge is 0.392 e. The third-order valence-corrected chi connectivity index (χ3v) is 3.83. The summed E-state index contributed by atoms with van der Waals surface area (Å²) in [5.41, 5.74) is 2.67. The highest BCUT2D eigenvalue weighted by Crippen LogP contribution is 2.35. The molecular weight excluding hydrogens is 215 g/mol. The van der Waals surface area contributed by atoms with Gasteiger partial charge in [-0.25, -0.2) is 4.39 Å². The molecule has 0 heterocycles. The number of hydrogen-bond acceptors (Lipinski definition) is 1. The Kier molecular flexibility index (Phi) is 3.82. The van der Waals surface area contributed by atoms with Crippen LogP contribution in [0.4, 0.5) is 4.39 Å². The fraction of sp³-hybridized carbons (Fsp3) is 0.600. The minimum absolute atomic E-state index is 0.0156. The van der Waals surface area contributed by atoms with Crippen LogP contribution in [0.2, 0.25) is 0 Å². The molecule has 2 heteroatoms. The van der Waals surface area contributed by atoms with Crippen molar-refractivity contribution in [3.05, 3.63) is 34.6 Å². The Bertz CT molecular complexity index is 377. The maximum absolute atomic E-state index is 14.1. The molecule has 1 aliphatic carbocycles. The van der Waals surface area contributed by atoms with E-state index >= 15 is 0 Å². The van der Waals surface area contributed by atoms with Gasteiger partial charge in [0.15, 0.2) is 0 Å². The zero-order valence-corrected chi connectivity index (χ0v) is 10.7. The van der Waals surface area contributed by atoms with Gasteiger partial charge in [-0.2, -0.15) is 0 Å². The van der Waals surface area contributed by atoms with Crippen molar-refractivity contribution in [1.29, 1.82) is 0 Å². The summed E-state index contributed by atoms with van der Waals surface area (Å²) in [4.78, 5) is 0. The lowest BCUT2D eigenvalue weighted by molar-refractivity contribution is 0.133. The van der Waals surface area contributed by atoms with Crippen LogP contribution < -0.4 is 0 Å². The third kappa shape index (κ3) is 2.68. The molecule has 2 atom stereocenters. The van der Waals surface area contributed by atoms with Crippen molar-refractivity contribution in [3.8, 4) is 0 Å². The lowest BCUT2D eigenvalue weighted by Gasteiger charge is -2.23. The van der Waals surface area contributed by atoms with Gasteiger partial charge >= 0.3 is 0 Å². The molecule has 0 aliphatic heterocycles. The van der Waals surface area contributed by atoms with Gasteiger partial charge in [0.05, 0.1) is 6.10 Å². The highest BCUT2D eigenvalue weighted by molar-refractivity contribution is 5.35. The molecule has 1 aromatic rings. The number of rotatable bonds is 1. The summed E-state index contributed by atoms with van der Waals surface area (Å²) in [6.07, 6.45) is 4.63. The zero-order valence-electron chi connectivity index (χ0n) is 10.7. The van der Waals surface area contributed by atoms with Crippen LogP contribution in [0, 0.1) is 19.7 Å². The Balaban J connectivity index is 2.37. The molecule has 0 amide bonds. The molecule has 2 unspecified atom stereocenters. The van der Waals surface area contributed by atoms with Gasteiger partial charge in [-0.3, -0.25) is 0 Å². The first-order valence-corrected chi connectivity index (χ1v) is 6.54. The Morgan fingerprint density at radius 2 is 1.82 bits per heavy atom. The first-order chi connectivity index (χ1) is 8.09. The molecule has 1 aromatic carbocycles. The Morgan fingerprint density at radius 3 is 2.53 bits per heavy atom. The number of hydrogen-bond donors (Lipinski definition) is 1.